The van der Waals surface area contributed by atoms with E-state index >= 15 is 0 Å². The standard InChI is InChI=1S/C6H12BO3/c8-4-2-1-3-6-5-9-7-10-6/h6,8H,1-5H2. The molecule has 57 valence electrons. The number of unbranched alkanes of at least 4 members (excludes halogenated alkanes) is 1. The summed E-state index contributed by atoms with van der Waals surface area (Å²) in [6.07, 6.45) is 3.08. The van der Waals surface area contributed by atoms with Gasteiger partial charge in [-0.15, -0.1) is 0 Å². The van der Waals surface area contributed by atoms with E-state index in [0.29, 0.717) is 6.61 Å². The van der Waals surface area contributed by atoms with Crippen molar-refractivity contribution in [1.29, 1.82) is 0 Å². The first-order chi connectivity index (χ1) is 4.93. The van der Waals surface area contributed by atoms with E-state index in [2.05, 4.69) is 0 Å². The molecule has 1 rings (SSSR count). The summed E-state index contributed by atoms with van der Waals surface area (Å²) in [5.74, 6) is 0. The Bertz CT molecular complexity index is 83.1. The number of hydrogen-bond donors (Lipinski definition) is 1. The van der Waals surface area contributed by atoms with Crippen LogP contribution in [0.1, 0.15) is 19.3 Å². The second-order valence-electron chi connectivity index (χ2n) is 2.41. The van der Waals surface area contributed by atoms with Gasteiger partial charge in [0.05, 0.1) is 12.7 Å². The summed E-state index contributed by atoms with van der Waals surface area (Å²) in [5.41, 5.74) is 0. The molecule has 0 spiro atoms. The van der Waals surface area contributed by atoms with Gasteiger partial charge in [0.15, 0.2) is 0 Å². The third kappa shape index (κ3) is 2.69. The zero-order chi connectivity index (χ0) is 7.23. The second kappa shape index (κ2) is 4.71. The number of aliphatic hydroxyl groups is 1. The molecule has 3 nitrogen and oxygen atoms in total. The van der Waals surface area contributed by atoms with Crippen LogP contribution < -0.4 is 0 Å². The lowest BCUT2D eigenvalue weighted by molar-refractivity contribution is 0.210. The van der Waals surface area contributed by atoms with Gasteiger partial charge >= 0.3 is 7.69 Å². The highest BCUT2D eigenvalue weighted by Crippen LogP contribution is 2.08. The molecule has 0 aliphatic carbocycles. The minimum atomic E-state index is 0.228. The van der Waals surface area contributed by atoms with Gasteiger partial charge in [0.1, 0.15) is 0 Å². The molecular formula is C6H12BO3. The Balaban J connectivity index is 1.91. The van der Waals surface area contributed by atoms with Crippen molar-refractivity contribution >= 4 is 7.69 Å². The molecule has 1 aliphatic rings. The average molecular weight is 143 g/mol. The van der Waals surface area contributed by atoms with Crippen LogP contribution in [0.5, 0.6) is 0 Å². The fourth-order valence-corrected chi connectivity index (χ4v) is 0.939. The Kier molecular flexibility index (Phi) is 3.79. The SMILES string of the molecule is OCCCCC1CO[B]O1. The van der Waals surface area contributed by atoms with Gasteiger partial charge in [-0.05, 0) is 19.3 Å². The van der Waals surface area contributed by atoms with Crippen LogP contribution in [-0.2, 0) is 9.31 Å². The van der Waals surface area contributed by atoms with E-state index in [9.17, 15) is 0 Å². The van der Waals surface area contributed by atoms with Gasteiger partial charge in [-0.3, -0.25) is 0 Å². The normalized spacial score (nSPS) is 24.7. The topological polar surface area (TPSA) is 38.7 Å². The molecule has 0 saturated carbocycles. The molecule has 1 saturated heterocycles. The van der Waals surface area contributed by atoms with Crippen molar-refractivity contribution in [3.8, 4) is 0 Å². The number of aliphatic hydroxyl groups excluding tert-OH is 1. The van der Waals surface area contributed by atoms with E-state index in [-0.39, 0.29) is 12.7 Å². The Morgan fingerprint density at radius 3 is 3.00 bits per heavy atom. The van der Waals surface area contributed by atoms with Gasteiger partial charge in [0, 0.05) is 6.61 Å². The third-order valence-corrected chi connectivity index (χ3v) is 1.53. The molecule has 0 bridgehead atoms. The van der Waals surface area contributed by atoms with E-state index in [1.165, 1.54) is 7.69 Å². The maximum atomic E-state index is 8.46. The molecule has 1 N–H and O–H groups in total. The first-order valence-electron chi connectivity index (χ1n) is 3.63. The van der Waals surface area contributed by atoms with Crippen LogP contribution in [0.2, 0.25) is 0 Å². The fraction of sp³-hybridized carbons (Fsp3) is 1.00. The van der Waals surface area contributed by atoms with Crippen molar-refractivity contribution in [2.24, 2.45) is 0 Å². The molecule has 1 radical (unpaired) electrons. The van der Waals surface area contributed by atoms with E-state index in [4.69, 9.17) is 14.4 Å². The van der Waals surface area contributed by atoms with Crippen LogP contribution in [0.25, 0.3) is 0 Å². The zero-order valence-corrected chi connectivity index (χ0v) is 5.95. The highest BCUT2D eigenvalue weighted by Gasteiger charge is 2.16. The summed E-state index contributed by atoms with van der Waals surface area (Å²) in [4.78, 5) is 0. The van der Waals surface area contributed by atoms with E-state index in [0.717, 1.165) is 19.3 Å². The van der Waals surface area contributed by atoms with Crippen LogP contribution in [0.15, 0.2) is 0 Å². The summed E-state index contributed by atoms with van der Waals surface area (Å²) in [7, 11) is 1.39. The lowest BCUT2D eigenvalue weighted by atomic mass is 10.2. The van der Waals surface area contributed by atoms with Gasteiger partial charge in [-0.1, -0.05) is 0 Å². The quantitative estimate of drug-likeness (QED) is 0.448. The summed E-state index contributed by atoms with van der Waals surface area (Å²) < 4.78 is 9.95. The molecule has 1 aliphatic heterocycles. The van der Waals surface area contributed by atoms with Gasteiger partial charge in [-0.2, -0.15) is 0 Å². The third-order valence-electron chi connectivity index (χ3n) is 1.53. The summed E-state index contributed by atoms with van der Waals surface area (Å²) in [6.45, 7) is 0.947. The summed E-state index contributed by atoms with van der Waals surface area (Å²) >= 11 is 0. The number of rotatable bonds is 4. The highest BCUT2D eigenvalue weighted by atomic mass is 16.6. The van der Waals surface area contributed by atoms with Gasteiger partial charge in [0.2, 0.25) is 0 Å². The molecule has 1 heterocycles. The maximum Gasteiger partial charge on any atom is 0.488 e. The minimum absolute atomic E-state index is 0.228. The largest absolute Gasteiger partial charge is 0.488 e. The summed E-state index contributed by atoms with van der Waals surface area (Å²) in [5, 5.41) is 8.46. The Labute approximate surface area is 61.6 Å². The molecule has 1 atom stereocenters. The molecule has 0 aromatic rings. The van der Waals surface area contributed by atoms with E-state index < -0.39 is 0 Å². The molecule has 1 fully saturated rings. The van der Waals surface area contributed by atoms with Crippen molar-refractivity contribution in [2.45, 2.75) is 25.4 Å². The predicted molar refractivity (Wildman–Crippen MR) is 37.5 cm³/mol. The molecule has 0 aromatic heterocycles. The van der Waals surface area contributed by atoms with Crippen LogP contribution >= 0.6 is 0 Å². The van der Waals surface area contributed by atoms with Crippen LogP contribution in [0, 0.1) is 0 Å². The zero-order valence-electron chi connectivity index (χ0n) is 5.95. The van der Waals surface area contributed by atoms with Crippen molar-refractivity contribution in [3.05, 3.63) is 0 Å². The van der Waals surface area contributed by atoms with Crippen molar-refractivity contribution in [1.82, 2.24) is 0 Å². The first-order valence-corrected chi connectivity index (χ1v) is 3.63. The molecule has 0 amide bonds. The number of hydrogen-bond acceptors (Lipinski definition) is 3. The molecule has 0 aromatic carbocycles. The molecule has 10 heavy (non-hydrogen) atoms. The monoisotopic (exact) mass is 143 g/mol. The molecule has 1 unspecified atom stereocenters. The lowest BCUT2D eigenvalue weighted by Crippen LogP contribution is -2.09. The van der Waals surface area contributed by atoms with Crippen molar-refractivity contribution < 1.29 is 14.4 Å². The highest BCUT2D eigenvalue weighted by molar-refractivity contribution is 6.18. The fourth-order valence-electron chi connectivity index (χ4n) is 0.939. The Morgan fingerprint density at radius 2 is 2.40 bits per heavy atom. The molecule has 4 heteroatoms. The van der Waals surface area contributed by atoms with Gasteiger partial charge < -0.3 is 14.4 Å². The van der Waals surface area contributed by atoms with Gasteiger partial charge in [-0.25, -0.2) is 0 Å². The van der Waals surface area contributed by atoms with Crippen LogP contribution in [0.4, 0.5) is 0 Å². The van der Waals surface area contributed by atoms with Gasteiger partial charge in [0.25, 0.3) is 0 Å². The van der Waals surface area contributed by atoms with E-state index in [1.807, 2.05) is 0 Å². The first kappa shape index (κ1) is 8.05. The minimum Gasteiger partial charge on any atom is -0.411 e. The van der Waals surface area contributed by atoms with Crippen molar-refractivity contribution in [3.63, 3.8) is 0 Å². The maximum absolute atomic E-state index is 8.46. The van der Waals surface area contributed by atoms with Crippen LogP contribution in [0.3, 0.4) is 0 Å². The summed E-state index contributed by atoms with van der Waals surface area (Å²) in [6, 6.07) is 0. The average Bonchev–Trinajstić information content (AvgIpc) is 2.41. The second-order valence-corrected chi connectivity index (χ2v) is 2.41. The van der Waals surface area contributed by atoms with Crippen LogP contribution in [-0.4, -0.2) is 32.1 Å². The molecular weight excluding hydrogens is 131 g/mol. The Morgan fingerprint density at radius 1 is 1.50 bits per heavy atom. The van der Waals surface area contributed by atoms with Crippen molar-refractivity contribution in [2.75, 3.05) is 13.2 Å². The van der Waals surface area contributed by atoms with E-state index in [1.54, 1.807) is 0 Å². The smallest absolute Gasteiger partial charge is 0.411 e. The predicted octanol–water partition coefficient (Wildman–Crippen LogP) is 0.0986. The lowest BCUT2D eigenvalue weighted by Gasteiger charge is -2.05. The Hall–Kier alpha value is -0.0551.